The van der Waals surface area contributed by atoms with Crippen LogP contribution in [0.2, 0.25) is 0 Å². The van der Waals surface area contributed by atoms with E-state index in [2.05, 4.69) is 48.5 Å². The van der Waals surface area contributed by atoms with E-state index in [1.54, 1.807) is 0 Å². The molecule has 0 unspecified atom stereocenters. The minimum atomic E-state index is -0.210. The molecule has 0 radical (unpaired) electrons. The van der Waals surface area contributed by atoms with Crippen molar-refractivity contribution in [2.24, 2.45) is 0 Å². The monoisotopic (exact) mass is 300 g/mol. The van der Waals surface area contributed by atoms with Crippen LogP contribution in [0.1, 0.15) is 34.1 Å². The molecule has 0 spiro atoms. The van der Waals surface area contributed by atoms with Gasteiger partial charge in [0.2, 0.25) is 0 Å². The van der Waals surface area contributed by atoms with Gasteiger partial charge in [-0.15, -0.1) is 23.2 Å². The average Bonchev–Trinajstić information content (AvgIpc) is 2.85. The first-order chi connectivity index (χ1) is 9.64. The molecule has 5 rings (SSSR count). The molecular formula is C18H14Cl2. The first-order valence-electron chi connectivity index (χ1n) is 7.18. The van der Waals surface area contributed by atoms with E-state index in [9.17, 15) is 0 Å². The van der Waals surface area contributed by atoms with Crippen molar-refractivity contribution in [3.63, 3.8) is 0 Å². The van der Waals surface area contributed by atoms with Gasteiger partial charge in [-0.05, 0) is 35.1 Å². The standard InChI is InChI=1S/C18H14Cl2/c19-17-9-11-5-1-3-7-13(11)15(17)18(20)10-12-6-2-4-8-14(12)16(17)18/h1-8,15-16H,9-10H2. The fraction of sp³-hybridized carbons (Fsp3) is 0.333. The lowest BCUT2D eigenvalue weighted by Gasteiger charge is -2.58. The fourth-order valence-electron chi connectivity index (χ4n) is 5.01. The maximum atomic E-state index is 7.10. The third kappa shape index (κ3) is 1.10. The Hall–Kier alpha value is -0.980. The number of hydrogen-bond acceptors (Lipinski definition) is 0. The van der Waals surface area contributed by atoms with Crippen molar-refractivity contribution in [2.45, 2.75) is 34.4 Å². The van der Waals surface area contributed by atoms with E-state index in [4.69, 9.17) is 23.2 Å². The number of rotatable bonds is 0. The van der Waals surface area contributed by atoms with Gasteiger partial charge in [0.05, 0.1) is 9.75 Å². The van der Waals surface area contributed by atoms with Crippen molar-refractivity contribution in [3.05, 3.63) is 70.8 Å². The summed E-state index contributed by atoms with van der Waals surface area (Å²) in [7, 11) is 0. The Labute approximate surface area is 128 Å². The highest BCUT2D eigenvalue weighted by atomic mass is 35.5. The zero-order chi connectivity index (χ0) is 13.5. The molecule has 0 nitrogen and oxygen atoms in total. The molecule has 1 saturated carbocycles. The Morgan fingerprint density at radius 2 is 1.10 bits per heavy atom. The summed E-state index contributed by atoms with van der Waals surface area (Å²) in [6, 6.07) is 17.3. The largest absolute Gasteiger partial charge is 0.117 e. The third-order valence-electron chi connectivity index (χ3n) is 5.57. The number of alkyl halides is 2. The van der Waals surface area contributed by atoms with E-state index in [1.807, 2.05) is 0 Å². The highest BCUT2D eigenvalue weighted by molar-refractivity contribution is 6.34. The predicted molar refractivity (Wildman–Crippen MR) is 82.9 cm³/mol. The Bertz CT molecular complexity index is 662. The SMILES string of the molecule is ClC12Cc3ccccc3C1C1(Cl)Cc3ccccc3C21. The fourth-order valence-corrected chi connectivity index (χ4v) is 6.66. The molecule has 0 N–H and O–H groups in total. The van der Waals surface area contributed by atoms with Gasteiger partial charge in [0.1, 0.15) is 0 Å². The van der Waals surface area contributed by atoms with Gasteiger partial charge < -0.3 is 0 Å². The van der Waals surface area contributed by atoms with Crippen molar-refractivity contribution in [2.75, 3.05) is 0 Å². The minimum absolute atomic E-state index is 0.210. The molecule has 0 heterocycles. The molecule has 0 amide bonds. The number of hydrogen-bond donors (Lipinski definition) is 0. The molecule has 2 aromatic rings. The highest BCUT2D eigenvalue weighted by Gasteiger charge is 2.75. The second-order valence-electron chi connectivity index (χ2n) is 6.47. The van der Waals surface area contributed by atoms with Gasteiger partial charge in [0.25, 0.3) is 0 Å². The van der Waals surface area contributed by atoms with Crippen molar-refractivity contribution < 1.29 is 0 Å². The molecule has 2 heteroatoms. The zero-order valence-electron chi connectivity index (χ0n) is 10.9. The van der Waals surface area contributed by atoms with Crippen LogP contribution < -0.4 is 0 Å². The van der Waals surface area contributed by atoms with Crippen LogP contribution in [0.3, 0.4) is 0 Å². The summed E-state index contributed by atoms with van der Waals surface area (Å²) in [6.07, 6.45) is 1.89. The van der Waals surface area contributed by atoms with Crippen LogP contribution in [0.4, 0.5) is 0 Å². The maximum absolute atomic E-state index is 7.10. The summed E-state index contributed by atoms with van der Waals surface area (Å²) in [6.45, 7) is 0. The predicted octanol–water partition coefficient (Wildman–Crippen LogP) is 4.64. The van der Waals surface area contributed by atoms with E-state index in [0.717, 1.165) is 12.8 Å². The topological polar surface area (TPSA) is 0 Å². The Morgan fingerprint density at radius 3 is 1.55 bits per heavy atom. The summed E-state index contributed by atoms with van der Waals surface area (Å²) in [5.41, 5.74) is 5.53. The van der Waals surface area contributed by atoms with Gasteiger partial charge in [-0.3, -0.25) is 0 Å². The molecule has 0 aliphatic heterocycles. The zero-order valence-corrected chi connectivity index (χ0v) is 12.5. The Morgan fingerprint density at radius 1 is 0.700 bits per heavy atom. The molecule has 0 atom stereocenters. The van der Waals surface area contributed by atoms with Gasteiger partial charge in [0.15, 0.2) is 0 Å². The van der Waals surface area contributed by atoms with Crippen molar-refractivity contribution in [3.8, 4) is 0 Å². The lowest BCUT2D eigenvalue weighted by Crippen LogP contribution is -2.62. The first-order valence-corrected chi connectivity index (χ1v) is 7.93. The smallest absolute Gasteiger partial charge is 0.0658 e. The van der Waals surface area contributed by atoms with E-state index < -0.39 is 0 Å². The van der Waals surface area contributed by atoms with Crippen LogP contribution in [-0.2, 0) is 12.8 Å². The molecule has 0 saturated heterocycles. The first kappa shape index (κ1) is 11.7. The quantitative estimate of drug-likeness (QED) is 0.622. The number of fused-ring (bicyclic) bond motifs is 8. The second kappa shape index (κ2) is 3.43. The second-order valence-corrected chi connectivity index (χ2v) is 7.88. The molecule has 1 fully saturated rings. The van der Waals surface area contributed by atoms with Gasteiger partial charge in [-0.1, -0.05) is 48.5 Å². The van der Waals surface area contributed by atoms with Crippen LogP contribution in [-0.4, -0.2) is 9.75 Å². The van der Waals surface area contributed by atoms with E-state index in [-0.39, 0.29) is 21.6 Å². The summed E-state index contributed by atoms with van der Waals surface area (Å²) in [5, 5.41) is 0. The van der Waals surface area contributed by atoms with Crippen molar-refractivity contribution in [1.29, 1.82) is 0 Å². The average molecular weight is 301 g/mol. The van der Waals surface area contributed by atoms with Crippen LogP contribution >= 0.6 is 23.2 Å². The molecule has 100 valence electrons. The molecule has 3 aliphatic rings. The minimum Gasteiger partial charge on any atom is -0.117 e. The number of halogens is 2. The van der Waals surface area contributed by atoms with Gasteiger partial charge in [-0.25, -0.2) is 0 Å². The highest BCUT2D eigenvalue weighted by Crippen LogP contribution is 2.76. The van der Waals surface area contributed by atoms with E-state index in [1.165, 1.54) is 22.3 Å². The molecule has 2 aromatic carbocycles. The Kier molecular flexibility index (Phi) is 2.00. The van der Waals surface area contributed by atoms with Crippen LogP contribution in [0.15, 0.2) is 48.5 Å². The molecule has 0 aromatic heterocycles. The normalized spacial score (nSPS) is 39.5. The van der Waals surface area contributed by atoms with Gasteiger partial charge in [0, 0.05) is 11.8 Å². The molecule has 0 bridgehead atoms. The van der Waals surface area contributed by atoms with Crippen molar-refractivity contribution in [1.82, 2.24) is 0 Å². The molecular weight excluding hydrogens is 287 g/mol. The van der Waals surface area contributed by atoms with Gasteiger partial charge >= 0.3 is 0 Å². The van der Waals surface area contributed by atoms with Crippen LogP contribution in [0, 0.1) is 0 Å². The summed E-state index contributed by atoms with van der Waals surface area (Å²) in [4.78, 5) is -0.421. The lowest BCUT2D eigenvalue weighted by atomic mass is 9.56. The van der Waals surface area contributed by atoms with Gasteiger partial charge in [-0.2, -0.15) is 0 Å². The molecule has 3 aliphatic carbocycles. The maximum Gasteiger partial charge on any atom is 0.0658 e. The van der Waals surface area contributed by atoms with E-state index >= 15 is 0 Å². The lowest BCUT2D eigenvalue weighted by molar-refractivity contribution is 0.184. The van der Waals surface area contributed by atoms with Crippen LogP contribution in [0.5, 0.6) is 0 Å². The van der Waals surface area contributed by atoms with Crippen molar-refractivity contribution >= 4 is 23.2 Å². The molecule has 20 heavy (non-hydrogen) atoms. The number of benzene rings is 2. The third-order valence-corrected chi connectivity index (χ3v) is 6.71. The summed E-state index contributed by atoms with van der Waals surface area (Å²) < 4.78 is 0. The summed E-state index contributed by atoms with van der Waals surface area (Å²) >= 11 is 14.2. The van der Waals surface area contributed by atoms with E-state index in [0.29, 0.717) is 0 Å². The summed E-state index contributed by atoms with van der Waals surface area (Å²) in [5.74, 6) is 0.568. The Balaban J connectivity index is 1.72. The van der Waals surface area contributed by atoms with Crippen LogP contribution in [0.25, 0.3) is 0 Å².